The van der Waals surface area contributed by atoms with Crippen molar-refractivity contribution in [1.82, 2.24) is 0 Å². The smallest absolute Gasteiger partial charge is 0.422 e. The topological polar surface area (TPSA) is 99.1 Å². The van der Waals surface area contributed by atoms with Crippen molar-refractivity contribution in [2.75, 3.05) is 19.8 Å². The minimum atomic E-state index is -4.66. The SMILES string of the molecule is O=C(COCC(F)(F)C(=O)O)OC12CC3CCC(C(C3)C1)C(C(=O)OCC(F)(F)F)C2. The number of esters is 2. The lowest BCUT2D eigenvalue weighted by molar-refractivity contribution is -0.209. The molecular formula is C19H23F5O7. The monoisotopic (exact) mass is 458 g/mol. The van der Waals surface area contributed by atoms with Gasteiger partial charge in [-0.25, -0.2) is 9.59 Å². The predicted molar refractivity (Wildman–Crippen MR) is 90.9 cm³/mol. The van der Waals surface area contributed by atoms with Crippen molar-refractivity contribution in [3.05, 3.63) is 0 Å². The van der Waals surface area contributed by atoms with Gasteiger partial charge < -0.3 is 19.3 Å². The molecule has 3 saturated carbocycles. The zero-order valence-corrected chi connectivity index (χ0v) is 16.5. The molecule has 0 heterocycles. The molecular weight excluding hydrogens is 435 g/mol. The lowest BCUT2D eigenvalue weighted by Crippen LogP contribution is -2.56. The van der Waals surface area contributed by atoms with E-state index in [1.807, 2.05) is 0 Å². The number of carbonyl (C=O) groups is 3. The van der Waals surface area contributed by atoms with Crippen molar-refractivity contribution in [3.8, 4) is 0 Å². The number of rotatable bonds is 8. The maximum absolute atomic E-state index is 13.0. The van der Waals surface area contributed by atoms with Crippen LogP contribution >= 0.6 is 0 Å². The zero-order chi connectivity index (χ0) is 23.0. The molecule has 0 aromatic carbocycles. The Morgan fingerprint density at radius 2 is 1.71 bits per heavy atom. The standard InChI is InChI=1S/C19H23F5O7/c20-18(21,16(27)28)8-29-7-14(25)31-17-4-10-1-2-12(11(3-10)5-17)13(6-17)15(26)30-9-19(22,23)24/h10-13H,1-9H2,(H,27,28). The summed E-state index contributed by atoms with van der Waals surface area (Å²) in [5.41, 5.74) is -1.11. The Hall–Kier alpha value is -1.98. The minimum absolute atomic E-state index is 0.00160. The maximum Gasteiger partial charge on any atom is 0.422 e. The van der Waals surface area contributed by atoms with Crippen molar-refractivity contribution in [3.63, 3.8) is 0 Å². The van der Waals surface area contributed by atoms with Crippen LogP contribution in [-0.2, 0) is 28.6 Å². The summed E-state index contributed by atoms with van der Waals surface area (Å²) in [6.45, 7) is -4.11. The first kappa shape index (κ1) is 23.7. The van der Waals surface area contributed by atoms with E-state index in [0.717, 1.165) is 12.8 Å². The third-order valence-corrected chi connectivity index (χ3v) is 6.38. The second-order valence-electron chi connectivity index (χ2n) is 8.70. The van der Waals surface area contributed by atoms with Gasteiger partial charge in [-0.1, -0.05) is 0 Å². The van der Waals surface area contributed by atoms with Gasteiger partial charge in [0.2, 0.25) is 0 Å². The number of hydrogen-bond acceptors (Lipinski definition) is 6. The number of alkyl halides is 5. The zero-order valence-electron chi connectivity index (χ0n) is 16.5. The van der Waals surface area contributed by atoms with Crippen LogP contribution in [0.4, 0.5) is 22.0 Å². The molecule has 3 aliphatic rings. The minimum Gasteiger partial charge on any atom is -0.477 e. The molecule has 0 spiro atoms. The first-order chi connectivity index (χ1) is 14.3. The number of aliphatic carboxylic acids is 1. The number of hydrogen-bond donors (Lipinski definition) is 1. The van der Waals surface area contributed by atoms with Crippen molar-refractivity contribution in [2.45, 2.75) is 56.2 Å². The van der Waals surface area contributed by atoms with Gasteiger partial charge in [-0.15, -0.1) is 0 Å². The summed E-state index contributed by atoms with van der Waals surface area (Å²) in [7, 11) is 0. The van der Waals surface area contributed by atoms with Gasteiger partial charge in [-0.3, -0.25) is 4.79 Å². The number of halogens is 5. The number of ether oxygens (including phenoxy) is 3. The van der Waals surface area contributed by atoms with E-state index in [4.69, 9.17) is 9.84 Å². The highest BCUT2D eigenvalue weighted by molar-refractivity contribution is 5.76. The van der Waals surface area contributed by atoms with Crippen molar-refractivity contribution in [2.24, 2.45) is 23.7 Å². The summed E-state index contributed by atoms with van der Waals surface area (Å²) in [5, 5.41) is 8.36. The Bertz CT molecular complexity index is 721. The van der Waals surface area contributed by atoms with E-state index in [1.54, 1.807) is 0 Å². The Morgan fingerprint density at radius 1 is 1.00 bits per heavy atom. The normalized spacial score (nSPS) is 32.4. The summed E-state index contributed by atoms with van der Waals surface area (Å²) in [4.78, 5) is 35.0. The van der Waals surface area contributed by atoms with E-state index < -0.39 is 61.3 Å². The quantitative estimate of drug-likeness (QED) is 0.441. The molecule has 0 amide bonds. The molecule has 0 aromatic rings. The summed E-state index contributed by atoms with van der Waals surface area (Å²) in [6.07, 6.45) is -1.63. The van der Waals surface area contributed by atoms with Crippen LogP contribution in [0.25, 0.3) is 0 Å². The average Bonchev–Trinajstić information content (AvgIpc) is 2.63. The highest BCUT2D eigenvalue weighted by Crippen LogP contribution is 2.57. The van der Waals surface area contributed by atoms with Gasteiger partial charge in [0.1, 0.15) is 18.8 Å². The van der Waals surface area contributed by atoms with Gasteiger partial charge in [0.15, 0.2) is 6.61 Å². The van der Waals surface area contributed by atoms with Crippen molar-refractivity contribution < 1.29 is 55.7 Å². The van der Waals surface area contributed by atoms with Crippen molar-refractivity contribution >= 4 is 17.9 Å². The molecule has 1 N–H and O–H groups in total. The van der Waals surface area contributed by atoms with Crippen LogP contribution in [0.1, 0.15) is 38.5 Å². The molecule has 7 nitrogen and oxygen atoms in total. The second-order valence-corrected chi connectivity index (χ2v) is 8.70. The number of carboxylic acid groups (broad SMARTS) is 1. The van der Waals surface area contributed by atoms with Gasteiger partial charge in [-0.05, 0) is 49.9 Å². The molecule has 0 aliphatic heterocycles. The molecule has 5 unspecified atom stereocenters. The van der Waals surface area contributed by atoms with Crippen LogP contribution in [0, 0.1) is 23.7 Å². The predicted octanol–water partition coefficient (Wildman–Crippen LogP) is 2.96. The summed E-state index contributed by atoms with van der Waals surface area (Å²) in [5.74, 6) is -9.33. The highest BCUT2D eigenvalue weighted by atomic mass is 19.4. The molecule has 5 atom stereocenters. The van der Waals surface area contributed by atoms with Crippen LogP contribution in [0.3, 0.4) is 0 Å². The van der Waals surface area contributed by atoms with Crippen LogP contribution in [0.2, 0.25) is 0 Å². The molecule has 176 valence electrons. The van der Waals surface area contributed by atoms with Crippen LogP contribution in [-0.4, -0.2) is 60.5 Å². The van der Waals surface area contributed by atoms with E-state index in [1.165, 1.54) is 0 Å². The summed E-state index contributed by atoms with van der Waals surface area (Å²) in [6, 6.07) is 0. The lowest BCUT2D eigenvalue weighted by atomic mass is 9.52. The third kappa shape index (κ3) is 5.64. The molecule has 0 saturated heterocycles. The molecule has 0 aromatic heterocycles. The molecule has 12 heteroatoms. The fourth-order valence-electron chi connectivity index (χ4n) is 5.38. The Labute approximate surface area is 174 Å². The van der Waals surface area contributed by atoms with Crippen molar-refractivity contribution in [1.29, 1.82) is 0 Å². The van der Waals surface area contributed by atoms with Gasteiger partial charge >= 0.3 is 30.0 Å². The Kier molecular flexibility index (Phi) is 6.50. The van der Waals surface area contributed by atoms with E-state index in [-0.39, 0.29) is 24.2 Å². The van der Waals surface area contributed by atoms with Crippen LogP contribution in [0.5, 0.6) is 0 Å². The van der Waals surface area contributed by atoms with Gasteiger partial charge in [0, 0.05) is 6.42 Å². The lowest BCUT2D eigenvalue weighted by Gasteiger charge is -2.56. The Morgan fingerprint density at radius 3 is 2.35 bits per heavy atom. The van der Waals surface area contributed by atoms with Gasteiger partial charge in [-0.2, -0.15) is 22.0 Å². The number of fused-ring (bicyclic) bond motifs is 2. The van der Waals surface area contributed by atoms with Gasteiger partial charge in [0.05, 0.1) is 5.92 Å². The fourth-order valence-corrected chi connectivity index (χ4v) is 5.38. The second kappa shape index (κ2) is 8.51. The largest absolute Gasteiger partial charge is 0.477 e. The average molecular weight is 458 g/mol. The first-order valence-electron chi connectivity index (χ1n) is 9.94. The molecule has 3 fully saturated rings. The van der Waals surface area contributed by atoms with E-state index >= 15 is 0 Å². The van der Waals surface area contributed by atoms with Crippen LogP contribution < -0.4 is 0 Å². The molecule has 3 aliphatic carbocycles. The molecule has 31 heavy (non-hydrogen) atoms. The Balaban J connectivity index is 1.64. The number of carbonyl (C=O) groups excluding carboxylic acids is 2. The van der Waals surface area contributed by atoms with Gasteiger partial charge in [0.25, 0.3) is 0 Å². The maximum atomic E-state index is 13.0. The summed E-state index contributed by atoms with van der Waals surface area (Å²) >= 11 is 0. The highest BCUT2D eigenvalue weighted by Gasteiger charge is 2.57. The molecule has 3 bridgehead atoms. The number of carboxylic acids is 1. The van der Waals surface area contributed by atoms with Crippen LogP contribution in [0.15, 0.2) is 0 Å². The van der Waals surface area contributed by atoms with E-state index in [2.05, 4.69) is 9.47 Å². The summed E-state index contributed by atoms with van der Waals surface area (Å²) < 4.78 is 77.9. The molecule has 0 radical (unpaired) electrons. The third-order valence-electron chi connectivity index (χ3n) is 6.38. The van der Waals surface area contributed by atoms with E-state index in [0.29, 0.717) is 19.3 Å². The van der Waals surface area contributed by atoms with E-state index in [9.17, 15) is 36.3 Å². The fraction of sp³-hybridized carbons (Fsp3) is 0.842. The first-order valence-corrected chi connectivity index (χ1v) is 9.94. The molecule has 3 rings (SSSR count).